The smallest absolute Gasteiger partial charge is 0.387 e. The zero-order valence-electron chi connectivity index (χ0n) is 13.9. The van der Waals surface area contributed by atoms with Crippen LogP contribution in [0.3, 0.4) is 0 Å². The van der Waals surface area contributed by atoms with Crippen molar-refractivity contribution < 1.29 is 18.3 Å². The fraction of sp³-hybridized carbons (Fsp3) is 0.533. The first-order valence-corrected chi connectivity index (χ1v) is 6.85. The Labute approximate surface area is 152 Å². The summed E-state index contributed by atoms with van der Waals surface area (Å²) >= 11 is 0. The molecule has 8 heteroatoms. The van der Waals surface area contributed by atoms with Crippen LogP contribution < -0.4 is 20.1 Å². The molecule has 23 heavy (non-hydrogen) atoms. The average Bonchev–Trinajstić information content (AvgIpc) is 2.42. The minimum atomic E-state index is -2.89. The lowest BCUT2D eigenvalue weighted by atomic mass is 10.1. The lowest BCUT2D eigenvalue weighted by Gasteiger charge is -2.24. The number of hydrogen-bond donors (Lipinski definition) is 2. The van der Waals surface area contributed by atoms with Crippen LogP contribution in [0.15, 0.2) is 23.2 Å². The number of nitrogens with one attached hydrogen (secondary N) is 2. The van der Waals surface area contributed by atoms with E-state index in [1.54, 1.807) is 19.2 Å². The summed E-state index contributed by atoms with van der Waals surface area (Å²) in [6, 6.07) is 4.80. The average molecular weight is 443 g/mol. The number of benzene rings is 1. The molecule has 5 nitrogen and oxygen atoms in total. The molecule has 0 saturated carbocycles. The Morgan fingerprint density at radius 3 is 2.43 bits per heavy atom. The van der Waals surface area contributed by atoms with Gasteiger partial charge in [0.15, 0.2) is 5.96 Å². The Hall–Kier alpha value is -1.32. The number of halogens is 3. The predicted molar refractivity (Wildman–Crippen MR) is 98.1 cm³/mol. The van der Waals surface area contributed by atoms with E-state index in [-0.39, 0.29) is 35.3 Å². The van der Waals surface area contributed by atoms with Gasteiger partial charge in [0, 0.05) is 30.8 Å². The van der Waals surface area contributed by atoms with Crippen LogP contribution in [-0.4, -0.2) is 32.3 Å². The molecule has 0 aliphatic rings. The van der Waals surface area contributed by atoms with Gasteiger partial charge < -0.3 is 20.1 Å². The van der Waals surface area contributed by atoms with E-state index >= 15 is 0 Å². The van der Waals surface area contributed by atoms with Crippen molar-refractivity contribution in [1.82, 2.24) is 10.6 Å². The minimum Gasteiger partial charge on any atom is -0.497 e. The molecular weight excluding hydrogens is 419 g/mol. The van der Waals surface area contributed by atoms with E-state index in [4.69, 9.17) is 4.74 Å². The first kappa shape index (κ1) is 21.7. The molecule has 1 aromatic rings. The van der Waals surface area contributed by atoms with E-state index in [0.717, 1.165) is 0 Å². The summed E-state index contributed by atoms with van der Waals surface area (Å²) in [4.78, 5) is 4.09. The molecule has 0 unspecified atom stereocenters. The second-order valence-electron chi connectivity index (χ2n) is 5.65. The second-order valence-corrected chi connectivity index (χ2v) is 5.65. The van der Waals surface area contributed by atoms with Crippen LogP contribution in [0, 0.1) is 0 Å². The van der Waals surface area contributed by atoms with Crippen LogP contribution in [0.2, 0.25) is 0 Å². The summed E-state index contributed by atoms with van der Waals surface area (Å²) in [5.74, 6) is 1.11. The van der Waals surface area contributed by atoms with Gasteiger partial charge >= 0.3 is 6.61 Å². The SMILES string of the molecule is CN=C(NCc1ccc(OC)cc1OC(F)F)NC(C)(C)C.I. The third-order valence-corrected chi connectivity index (χ3v) is 2.65. The Morgan fingerprint density at radius 1 is 1.30 bits per heavy atom. The van der Waals surface area contributed by atoms with Crippen LogP contribution in [0.25, 0.3) is 0 Å². The van der Waals surface area contributed by atoms with E-state index in [0.29, 0.717) is 23.8 Å². The van der Waals surface area contributed by atoms with Crippen LogP contribution in [0.5, 0.6) is 11.5 Å². The van der Waals surface area contributed by atoms with Gasteiger partial charge in [-0.3, -0.25) is 4.99 Å². The van der Waals surface area contributed by atoms with Crippen LogP contribution >= 0.6 is 24.0 Å². The third kappa shape index (κ3) is 8.19. The Bertz CT molecular complexity index is 520. The molecule has 0 fully saturated rings. The Morgan fingerprint density at radius 2 is 1.96 bits per heavy atom. The van der Waals surface area contributed by atoms with Gasteiger partial charge in [0.2, 0.25) is 0 Å². The molecule has 2 N–H and O–H groups in total. The van der Waals surface area contributed by atoms with Crippen molar-refractivity contribution in [3.63, 3.8) is 0 Å². The molecule has 0 amide bonds. The minimum absolute atomic E-state index is 0. The highest BCUT2D eigenvalue weighted by Gasteiger charge is 2.14. The number of hydrogen-bond acceptors (Lipinski definition) is 3. The van der Waals surface area contributed by atoms with Gasteiger partial charge in [0.25, 0.3) is 0 Å². The highest BCUT2D eigenvalue weighted by molar-refractivity contribution is 14.0. The predicted octanol–water partition coefficient (Wildman–Crippen LogP) is 3.38. The molecule has 0 aliphatic carbocycles. The second kappa shape index (κ2) is 9.74. The van der Waals surface area contributed by atoms with Crippen molar-refractivity contribution in [2.45, 2.75) is 39.5 Å². The topological polar surface area (TPSA) is 54.9 Å². The summed E-state index contributed by atoms with van der Waals surface area (Å²) in [7, 11) is 3.11. The number of methoxy groups -OCH3 is 1. The maximum absolute atomic E-state index is 12.5. The summed E-state index contributed by atoms with van der Waals surface area (Å²) in [6.07, 6.45) is 0. The highest BCUT2D eigenvalue weighted by Crippen LogP contribution is 2.26. The Balaban J connectivity index is 0.00000484. The zero-order valence-corrected chi connectivity index (χ0v) is 16.3. The molecule has 1 aromatic carbocycles. The van der Waals surface area contributed by atoms with Crippen molar-refractivity contribution in [2.75, 3.05) is 14.2 Å². The molecule has 0 aliphatic heterocycles. The summed E-state index contributed by atoms with van der Waals surface area (Å²) in [6.45, 7) is 3.40. The van der Waals surface area contributed by atoms with Crippen molar-refractivity contribution in [3.8, 4) is 11.5 Å². The monoisotopic (exact) mass is 443 g/mol. The quantitative estimate of drug-likeness (QED) is 0.417. The molecule has 0 atom stereocenters. The number of alkyl halides is 2. The molecule has 1 rings (SSSR count). The molecule has 132 valence electrons. The van der Waals surface area contributed by atoms with Crippen LogP contribution in [0.1, 0.15) is 26.3 Å². The molecule has 0 bridgehead atoms. The number of aliphatic imine (C=N–C) groups is 1. The highest BCUT2D eigenvalue weighted by atomic mass is 127. The third-order valence-electron chi connectivity index (χ3n) is 2.65. The van der Waals surface area contributed by atoms with Gasteiger partial charge in [-0.25, -0.2) is 0 Å². The van der Waals surface area contributed by atoms with E-state index in [9.17, 15) is 8.78 Å². The molecular formula is C15H24F2IN3O2. The largest absolute Gasteiger partial charge is 0.497 e. The maximum Gasteiger partial charge on any atom is 0.387 e. The maximum atomic E-state index is 12.5. The Kier molecular flexibility index (Phi) is 9.18. The van der Waals surface area contributed by atoms with Gasteiger partial charge in [-0.1, -0.05) is 0 Å². The fourth-order valence-corrected chi connectivity index (χ4v) is 1.73. The van der Waals surface area contributed by atoms with Gasteiger partial charge in [-0.15, -0.1) is 24.0 Å². The molecule has 0 aromatic heterocycles. The lowest BCUT2D eigenvalue weighted by Crippen LogP contribution is -2.47. The van der Waals surface area contributed by atoms with Gasteiger partial charge in [-0.05, 0) is 32.9 Å². The van der Waals surface area contributed by atoms with E-state index in [1.807, 2.05) is 20.8 Å². The number of rotatable bonds is 5. The fourth-order valence-electron chi connectivity index (χ4n) is 1.73. The van der Waals surface area contributed by atoms with Gasteiger partial charge in [0.05, 0.1) is 7.11 Å². The van der Waals surface area contributed by atoms with Crippen molar-refractivity contribution in [2.24, 2.45) is 4.99 Å². The summed E-state index contributed by atoms with van der Waals surface area (Å²) in [5.41, 5.74) is 0.419. The summed E-state index contributed by atoms with van der Waals surface area (Å²) < 4.78 is 34.6. The lowest BCUT2D eigenvalue weighted by molar-refractivity contribution is -0.0505. The van der Waals surface area contributed by atoms with Gasteiger partial charge in [0.1, 0.15) is 11.5 Å². The molecule has 0 heterocycles. The van der Waals surface area contributed by atoms with Crippen molar-refractivity contribution in [3.05, 3.63) is 23.8 Å². The summed E-state index contributed by atoms with van der Waals surface area (Å²) in [5, 5.41) is 6.25. The number of nitrogens with zero attached hydrogens (tertiary/aromatic N) is 1. The zero-order chi connectivity index (χ0) is 16.8. The van der Waals surface area contributed by atoms with Crippen molar-refractivity contribution >= 4 is 29.9 Å². The first-order valence-electron chi connectivity index (χ1n) is 6.85. The molecule has 0 saturated heterocycles. The number of guanidine groups is 1. The number of ether oxygens (including phenoxy) is 2. The molecule has 0 spiro atoms. The van der Waals surface area contributed by atoms with Crippen LogP contribution in [-0.2, 0) is 6.54 Å². The van der Waals surface area contributed by atoms with E-state index in [2.05, 4.69) is 20.4 Å². The van der Waals surface area contributed by atoms with Crippen LogP contribution in [0.4, 0.5) is 8.78 Å². The van der Waals surface area contributed by atoms with E-state index < -0.39 is 6.61 Å². The first-order chi connectivity index (χ1) is 10.2. The van der Waals surface area contributed by atoms with Crippen molar-refractivity contribution in [1.29, 1.82) is 0 Å². The normalized spacial score (nSPS) is 11.7. The van der Waals surface area contributed by atoms with E-state index in [1.165, 1.54) is 13.2 Å². The van der Waals surface area contributed by atoms with Gasteiger partial charge in [-0.2, -0.15) is 8.78 Å². The molecule has 0 radical (unpaired) electrons. The standard InChI is InChI=1S/C15H23F2N3O2.HI/c1-15(2,3)20-14(18-4)19-9-10-6-7-11(21-5)8-12(10)22-13(16)17;/h6-8,13H,9H2,1-5H3,(H2,18,19,20);1H.